The first-order chi connectivity index (χ1) is 13.4. The Balaban J connectivity index is 1.62. The molecule has 2 nitrogen and oxygen atoms in total. The molecule has 0 aromatic heterocycles. The van der Waals surface area contributed by atoms with E-state index in [0.717, 1.165) is 5.75 Å². The van der Waals surface area contributed by atoms with E-state index in [1.165, 1.54) is 32.7 Å². The van der Waals surface area contributed by atoms with Crippen LogP contribution in [0.2, 0.25) is 0 Å². The van der Waals surface area contributed by atoms with E-state index >= 15 is 0 Å². The molecule has 0 spiro atoms. The van der Waals surface area contributed by atoms with Crippen LogP contribution in [0.5, 0.6) is 0 Å². The van der Waals surface area contributed by atoms with Crippen molar-refractivity contribution in [3.8, 4) is 0 Å². The highest BCUT2D eigenvalue weighted by Gasteiger charge is 2.14. The van der Waals surface area contributed by atoms with Crippen LogP contribution in [0.4, 0.5) is 0 Å². The van der Waals surface area contributed by atoms with Crippen molar-refractivity contribution in [2.75, 3.05) is 0 Å². The number of benzene rings is 3. The van der Waals surface area contributed by atoms with Gasteiger partial charge < -0.3 is 5.32 Å². The normalized spacial score (nSPS) is 11.9. The standard InChI is InChI=1S/C25H27NOS/c1-17-14-19(3)24(15-18(17)2)20(4)26-25(27)22-12-10-21(11-13-22)16-28-23-8-6-5-7-9-23/h5-15,20H,16H2,1-4H3,(H,26,27). The first-order valence-corrected chi connectivity index (χ1v) is 10.6. The molecule has 0 saturated heterocycles. The molecule has 0 saturated carbocycles. The molecule has 0 aliphatic rings. The van der Waals surface area contributed by atoms with Crippen molar-refractivity contribution in [2.24, 2.45) is 0 Å². The maximum atomic E-state index is 12.7. The maximum Gasteiger partial charge on any atom is 0.251 e. The molecule has 3 heteroatoms. The second-order valence-corrected chi connectivity index (χ2v) is 8.34. The Morgan fingerprint density at radius 3 is 2.21 bits per heavy atom. The average Bonchev–Trinajstić information content (AvgIpc) is 2.70. The summed E-state index contributed by atoms with van der Waals surface area (Å²) in [7, 11) is 0. The SMILES string of the molecule is Cc1cc(C)c(C(C)NC(=O)c2ccc(CSc3ccccc3)cc2)cc1C. The molecule has 0 bridgehead atoms. The molecule has 0 aliphatic carbocycles. The third-order valence-electron chi connectivity index (χ3n) is 5.06. The van der Waals surface area contributed by atoms with E-state index in [1.807, 2.05) is 49.4 Å². The number of carbonyl (C=O) groups excluding carboxylic acids is 1. The zero-order valence-electron chi connectivity index (χ0n) is 17.0. The number of carbonyl (C=O) groups is 1. The van der Waals surface area contributed by atoms with Crippen LogP contribution in [0.3, 0.4) is 0 Å². The Hall–Kier alpha value is -2.52. The minimum Gasteiger partial charge on any atom is -0.346 e. The van der Waals surface area contributed by atoms with Crippen molar-refractivity contribution >= 4 is 17.7 Å². The Labute approximate surface area is 172 Å². The second-order valence-electron chi connectivity index (χ2n) is 7.29. The zero-order chi connectivity index (χ0) is 20.1. The molecule has 28 heavy (non-hydrogen) atoms. The van der Waals surface area contributed by atoms with Crippen LogP contribution in [0.15, 0.2) is 71.6 Å². The van der Waals surface area contributed by atoms with Gasteiger partial charge in [-0.3, -0.25) is 4.79 Å². The van der Waals surface area contributed by atoms with Gasteiger partial charge in [0.15, 0.2) is 0 Å². The predicted octanol–water partition coefficient (Wildman–Crippen LogP) is 6.40. The van der Waals surface area contributed by atoms with E-state index in [2.05, 4.69) is 50.4 Å². The van der Waals surface area contributed by atoms with Gasteiger partial charge in [0, 0.05) is 16.2 Å². The van der Waals surface area contributed by atoms with Crippen LogP contribution in [0.1, 0.15) is 51.1 Å². The predicted molar refractivity (Wildman–Crippen MR) is 119 cm³/mol. The molecule has 3 rings (SSSR count). The summed E-state index contributed by atoms with van der Waals surface area (Å²) in [6.45, 7) is 8.37. The molecule has 0 heterocycles. The van der Waals surface area contributed by atoms with Crippen LogP contribution in [-0.2, 0) is 5.75 Å². The van der Waals surface area contributed by atoms with Crippen molar-refractivity contribution < 1.29 is 4.79 Å². The van der Waals surface area contributed by atoms with E-state index in [0.29, 0.717) is 5.56 Å². The highest BCUT2D eigenvalue weighted by Crippen LogP contribution is 2.24. The van der Waals surface area contributed by atoms with Gasteiger partial charge in [0.2, 0.25) is 0 Å². The molecule has 3 aromatic carbocycles. The van der Waals surface area contributed by atoms with E-state index in [9.17, 15) is 4.79 Å². The highest BCUT2D eigenvalue weighted by molar-refractivity contribution is 7.98. The molecular weight excluding hydrogens is 362 g/mol. The molecular formula is C25H27NOS. The molecule has 1 N–H and O–H groups in total. The van der Waals surface area contributed by atoms with Crippen LogP contribution in [0, 0.1) is 20.8 Å². The van der Waals surface area contributed by atoms with E-state index in [4.69, 9.17) is 0 Å². The minimum absolute atomic E-state index is 0.0277. The van der Waals surface area contributed by atoms with Crippen LogP contribution in [-0.4, -0.2) is 5.91 Å². The van der Waals surface area contributed by atoms with Crippen molar-refractivity contribution in [1.29, 1.82) is 0 Å². The molecule has 0 fully saturated rings. The summed E-state index contributed by atoms with van der Waals surface area (Å²) >= 11 is 1.80. The fourth-order valence-electron chi connectivity index (χ4n) is 3.24. The van der Waals surface area contributed by atoms with Crippen LogP contribution >= 0.6 is 11.8 Å². The summed E-state index contributed by atoms with van der Waals surface area (Å²) < 4.78 is 0. The van der Waals surface area contributed by atoms with E-state index in [1.54, 1.807) is 11.8 Å². The first kappa shape index (κ1) is 20.2. The van der Waals surface area contributed by atoms with Gasteiger partial charge in [-0.15, -0.1) is 11.8 Å². The summed E-state index contributed by atoms with van der Waals surface area (Å²) in [6.07, 6.45) is 0. The summed E-state index contributed by atoms with van der Waals surface area (Å²) in [5, 5.41) is 3.13. The van der Waals surface area contributed by atoms with Crippen molar-refractivity contribution in [3.05, 3.63) is 100 Å². The van der Waals surface area contributed by atoms with Gasteiger partial charge in [0.25, 0.3) is 5.91 Å². The van der Waals surface area contributed by atoms with Gasteiger partial charge in [-0.1, -0.05) is 42.5 Å². The van der Waals surface area contributed by atoms with Gasteiger partial charge in [0.1, 0.15) is 0 Å². The largest absolute Gasteiger partial charge is 0.346 e. The van der Waals surface area contributed by atoms with Gasteiger partial charge in [-0.2, -0.15) is 0 Å². The average molecular weight is 390 g/mol. The molecule has 0 aliphatic heterocycles. The lowest BCUT2D eigenvalue weighted by Gasteiger charge is -2.18. The van der Waals surface area contributed by atoms with Gasteiger partial charge in [-0.05, 0) is 79.8 Å². The zero-order valence-corrected chi connectivity index (χ0v) is 17.8. The monoisotopic (exact) mass is 389 g/mol. The molecule has 1 unspecified atom stereocenters. The quantitative estimate of drug-likeness (QED) is 0.495. The van der Waals surface area contributed by atoms with Crippen molar-refractivity contribution in [1.82, 2.24) is 5.32 Å². The number of hydrogen-bond donors (Lipinski definition) is 1. The Bertz CT molecular complexity index is 948. The third-order valence-corrected chi connectivity index (χ3v) is 6.14. The van der Waals surface area contributed by atoms with Crippen molar-refractivity contribution in [3.63, 3.8) is 0 Å². The maximum absolute atomic E-state index is 12.7. The Kier molecular flexibility index (Phi) is 6.58. The number of amides is 1. The Morgan fingerprint density at radius 2 is 1.54 bits per heavy atom. The molecule has 3 aromatic rings. The number of rotatable bonds is 6. The number of aryl methyl sites for hydroxylation is 3. The van der Waals surface area contributed by atoms with Gasteiger partial charge >= 0.3 is 0 Å². The molecule has 1 amide bonds. The molecule has 1 atom stereocenters. The number of thioether (sulfide) groups is 1. The van der Waals surface area contributed by atoms with Crippen molar-refractivity contribution in [2.45, 2.75) is 44.4 Å². The first-order valence-electron chi connectivity index (χ1n) is 9.59. The lowest BCUT2D eigenvalue weighted by atomic mass is 9.96. The minimum atomic E-state index is -0.0348. The van der Waals surface area contributed by atoms with Gasteiger partial charge in [0.05, 0.1) is 6.04 Å². The topological polar surface area (TPSA) is 29.1 Å². The molecule has 0 radical (unpaired) electrons. The smallest absolute Gasteiger partial charge is 0.251 e. The molecule has 144 valence electrons. The third kappa shape index (κ3) is 5.05. The Morgan fingerprint density at radius 1 is 0.893 bits per heavy atom. The second kappa shape index (κ2) is 9.11. The summed E-state index contributed by atoms with van der Waals surface area (Å²) in [6, 6.07) is 22.6. The number of hydrogen-bond acceptors (Lipinski definition) is 2. The van der Waals surface area contributed by atoms with Crippen LogP contribution < -0.4 is 5.32 Å². The van der Waals surface area contributed by atoms with E-state index < -0.39 is 0 Å². The summed E-state index contributed by atoms with van der Waals surface area (Å²) in [5.74, 6) is 0.858. The highest BCUT2D eigenvalue weighted by atomic mass is 32.2. The number of nitrogens with one attached hydrogen (secondary N) is 1. The fourth-order valence-corrected chi connectivity index (χ4v) is 4.12. The fraction of sp³-hybridized carbons (Fsp3) is 0.240. The lowest BCUT2D eigenvalue weighted by Crippen LogP contribution is -2.27. The lowest BCUT2D eigenvalue weighted by molar-refractivity contribution is 0.0940. The summed E-state index contributed by atoms with van der Waals surface area (Å²) in [5.41, 5.74) is 6.83. The van der Waals surface area contributed by atoms with Crippen LogP contribution in [0.25, 0.3) is 0 Å². The van der Waals surface area contributed by atoms with Gasteiger partial charge in [-0.25, -0.2) is 0 Å². The summed E-state index contributed by atoms with van der Waals surface area (Å²) in [4.78, 5) is 13.9. The van der Waals surface area contributed by atoms with E-state index in [-0.39, 0.29) is 11.9 Å².